The van der Waals surface area contributed by atoms with Crippen molar-refractivity contribution in [1.82, 2.24) is 14.9 Å². The van der Waals surface area contributed by atoms with Gasteiger partial charge >= 0.3 is 6.18 Å². The summed E-state index contributed by atoms with van der Waals surface area (Å²) in [6.07, 6.45) is -4.48. The molecule has 0 atom stereocenters. The van der Waals surface area contributed by atoms with Crippen LogP contribution < -0.4 is 10.2 Å². The van der Waals surface area contributed by atoms with Crippen molar-refractivity contribution >= 4 is 23.4 Å². The van der Waals surface area contributed by atoms with Gasteiger partial charge in [0.25, 0.3) is 0 Å². The maximum Gasteiger partial charge on any atom is 0.416 e. The highest BCUT2D eigenvalue weighted by Gasteiger charge is 2.31. The molecule has 1 aromatic heterocycles. The van der Waals surface area contributed by atoms with Crippen LogP contribution in [0.1, 0.15) is 22.4 Å². The Bertz CT molecular complexity index is 1160. The van der Waals surface area contributed by atoms with Gasteiger partial charge in [-0.3, -0.25) is 4.79 Å². The average Bonchev–Trinajstić information content (AvgIpc) is 2.80. The zero-order valence-electron chi connectivity index (χ0n) is 19.1. The highest BCUT2D eigenvalue weighted by Crippen LogP contribution is 2.29. The number of aryl methyl sites for hydroxylation is 2. The van der Waals surface area contributed by atoms with Crippen molar-refractivity contribution in [1.29, 1.82) is 0 Å². The van der Waals surface area contributed by atoms with E-state index in [2.05, 4.69) is 15.3 Å². The molecule has 1 aliphatic heterocycles. The second-order valence-electron chi connectivity index (χ2n) is 8.43. The van der Waals surface area contributed by atoms with Crippen LogP contribution in [0.25, 0.3) is 0 Å². The molecule has 1 aliphatic rings. The second-order valence-corrected chi connectivity index (χ2v) is 8.43. The fourth-order valence-corrected chi connectivity index (χ4v) is 3.84. The Kier molecular flexibility index (Phi) is 6.72. The minimum absolute atomic E-state index is 0.0600. The molecule has 0 spiro atoms. The lowest BCUT2D eigenvalue weighted by Gasteiger charge is -2.35. The van der Waals surface area contributed by atoms with Gasteiger partial charge < -0.3 is 15.1 Å². The number of piperazine rings is 1. The molecular weight excluding hydrogens is 443 g/mol. The van der Waals surface area contributed by atoms with Crippen LogP contribution in [0, 0.1) is 13.8 Å². The smallest absolute Gasteiger partial charge is 0.340 e. The van der Waals surface area contributed by atoms with Gasteiger partial charge in [0.15, 0.2) is 0 Å². The van der Waals surface area contributed by atoms with E-state index in [9.17, 15) is 18.0 Å². The van der Waals surface area contributed by atoms with Gasteiger partial charge in [-0.15, -0.1) is 0 Å². The summed E-state index contributed by atoms with van der Waals surface area (Å²) >= 11 is 0. The zero-order chi connectivity index (χ0) is 24.3. The number of nitrogens with one attached hydrogen (secondary N) is 1. The topological polar surface area (TPSA) is 61.4 Å². The van der Waals surface area contributed by atoms with Crippen molar-refractivity contribution < 1.29 is 18.0 Å². The number of carbonyl (C=O) groups is 1. The van der Waals surface area contributed by atoms with Gasteiger partial charge in [-0.25, -0.2) is 4.98 Å². The number of nitrogens with zero attached hydrogens (tertiary/aromatic N) is 4. The summed E-state index contributed by atoms with van der Waals surface area (Å²) in [6, 6.07) is 14.8. The summed E-state index contributed by atoms with van der Waals surface area (Å²) in [4.78, 5) is 25.6. The molecule has 0 radical (unpaired) electrons. The summed E-state index contributed by atoms with van der Waals surface area (Å²) in [5.41, 5.74) is 2.54. The number of anilines is 3. The maximum absolute atomic E-state index is 12.9. The van der Waals surface area contributed by atoms with E-state index in [-0.39, 0.29) is 12.3 Å². The van der Waals surface area contributed by atoms with Gasteiger partial charge in [0.1, 0.15) is 5.82 Å². The first kappa shape index (κ1) is 23.5. The molecule has 34 heavy (non-hydrogen) atoms. The third-order valence-electron chi connectivity index (χ3n) is 5.69. The van der Waals surface area contributed by atoms with Crippen LogP contribution in [0.5, 0.6) is 0 Å². The van der Waals surface area contributed by atoms with Crippen molar-refractivity contribution in [2.45, 2.75) is 26.4 Å². The van der Waals surface area contributed by atoms with Gasteiger partial charge in [0.2, 0.25) is 11.9 Å². The Balaban J connectivity index is 1.37. The molecule has 178 valence electrons. The summed E-state index contributed by atoms with van der Waals surface area (Å²) in [7, 11) is 0. The zero-order valence-corrected chi connectivity index (χ0v) is 19.1. The molecule has 9 heteroatoms. The van der Waals surface area contributed by atoms with Crippen LogP contribution in [-0.2, 0) is 17.4 Å². The summed E-state index contributed by atoms with van der Waals surface area (Å²) in [5, 5.41) is 3.30. The number of carbonyl (C=O) groups excluding carboxylic acids is 1. The van der Waals surface area contributed by atoms with Gasteiger partial charge in [-0.1, -0.05) is 35.9 Å². The van der Waals surface area contributed by atoms with Gasteiger partial charge in [-0.05, 0) is 37.6 Å². The molecule has 0 unspecified atom stereocenters. The fourth-order valence-electron chi connectivity index (χ4n) is 3.84. The normalized spacial score (nSPS) is 14.3. The Morgan fingerprint density at radius 1 is 0.971 bits per heavy atom. The van der Waals surface area contributed by atoms with E-state index >= 15 is 0 Å². The summed E-state index contributed by atoms with van der Waals surface area (Å²) in [5.74, 6) is 1.08. The van der Waals surface area contributed by atoms with Crippen molar-refractivity contribution in [2.24, 2.45) is 0 Å². The molecule has 3 aromatic rings. The molecule has 1 amide bonds. The number of hydrogen-bond acceptors (Lipinski definition) is 5. The van der Waals surface area contributed by atoms with Crippen LogP contribution in [-0.4, -0.2) is 47.0 Å². The largest absolute Gasteiger partial charge is 0.416 e. The van der Waals surface area contributed by atoms with Crippen LogP contribution >= 0.6 is 0 Å². The molecule has 1 saturated heterocycles. The molecule has 1 N–H and O–H groups in total. The van der Waals surface area contributed by atoms with Crippen molar-refractivity contribution in [3.63, 3.8) is 0 Å². The van der Waals surface area contributed by atoms with E-state index < -0.39 is 11.7 Å². The van der Waals surface area contributed by atoms with Gasteiger partial charge in [0, 0.05) is 43.6 Å². The van der Waals surface area contributed by atoms with E-state index in [0.29, 0.717) is 43.5 Å². The van der Waals surface area contributed by atoms with E-state index in [0.717, 1.165) is 23.5 Å². The number of hydrogen-bond donors (Lipinski definition) is 1. The number of aromatic nitrogens is 2. The van der Waals surface area contributed by atoms with Crippen molar-refractivity contribution in [2.75, 3.05) is 36.4 Å². The SMILES string of the molecule is Cc1ccc(Nc2cc(C)nc(N3CCN(C(=O)Cc4cccc(C(F)(F)F)c4)CC3)n2)cc1. The van der Waals surface area contributed by atoms with E-state index in [1.807, 2.05) is 49.1 Å². The second kappa shape index (κ2) is 9.70. The lowest BCUT2D eigenvalue weighted by Crippen LogP contribution is -2.49. The Morgan fingerprint density at radius 3 is 2.35 bits per heavy atom. The van der Waals surface area contributed by atoms with Crippen LogP contribution in [0.4, 0.5) is 30.6 Å². The van der Waals surface area contributed by atoms with Gasteiger partial charge in [-0.2, -0.15) is 18.2 Å². The Labute approximate surface area is 196 Å². The molecule has 0 bridgehead atoms. The predicted octanol–water partition coefficient (Wildman–Crippen LogP) is 4.75. The number of rotatable bonds is 5. The lowest BCUT2D eigenvalue weighted by atomic mass is 10.1. The summed E-state index contributed by atoms with van der Waals surface area (Å²) in [6.45, 7) is 5.93. The van der Waals surface area contributed by atoms with Crippen LogP contribution in [0.15, 0.2) is 54.6 Å². The van der Waals surface area contributed by atoms with Crippen molar-refractivity contribution in [3.05, 3.63) is 77.0 Å². The molecule has 1 fully saturated rings. The van der Waals surface area contributed by atoms with Crippen molar-refractivity contribution in [3.8, 4) is 0 Å². The third kappa shape index (κ3) is 5.84. The van der Waals surface area contributed by atoms with Crippen LogP contribution in [0.3, 0.4) is 0 Å². The first-order valence-corrected chi connectivity index (χ1v) is 11.1. The average molecular weight is 470 g/mol. The van der Waals surface area contributed by atoms with E-state index in [4.69, 9.17) is 0 Å². The predicted molar refractivity (Wildman–Crippen MR) is 125 cm³/mol. The van der Waals surface area contributed by atoms with Crippen LogP contribution in [0.2, 0.25) is 0 Å². The molecular formula is C25H26F3N5O. The molecule has 0 saturated carbocycles. The Morgan fingerprint density at radius 2 is 1.68 bits per heavy atom. The molecule has 6 nitrogen and oxygen atoms in total. The number of alkyl halides is 3. The number of halogens is 3. The highest BCUT2D eigenvalue weighted by molar-refractivity contribution is 5.79. The van der Waals surface area contributed by atoms with Gasteiger partial charge in [0.05, 0.1) is 12.0 Å². The highest BCUT2D eigenvalue weighted by atomic mass is 19.4. The first-order valence-electron chi connectivity index (χ1n) is 11.1. The van der Waals surface area contributed by atoms with E-state index in [1.165, 1.54) is 11.6 Å². The number of benzene rings is 2. The standard InChI is InChI=1S/C25H26F3N5O/c1-17-6-8-21(9-7-17)30-22-14-18(2)29-24(31-22)33-12-10-32(11-13-33)23(34)16-19-4-3-5-20(15-19)25(26,27)28/h3-9,14-15H,10-13,16H2,1-2H3,(H,29,30,31). The third-order valence-corrected chi connectivity index (χ3v) is 5.69. The number of amides is 1. The quantitative estimate of drug-likeness (QED) is 0.585. The summed E-state index contributed by atoms with van der Waals surface area (Å²) < 4.78 is 38.8. The first-order chi connectivity index (χ1) is 16.2. The molecule has 0 aliphatic carbocycles. The maximum atomic E-state index is 12.9. The molecule has 2 heterocycles. The molecule has 2 aromatic carbocycles. The van der Waals surface area contributed by atoms with E-state index in [1.54, 1.807) is 11.0 Å². The monoisotopic (exact) mass is 469 g/mol. The molecule has 4 rings (SSSR count). The minimum atomic E-state index is -4.42. The Hall–Kier alpha value is -3.62. The fraction of sp³-hybridized carbons (Fsp3) is 0.320. The lowest BCUT2D eigenvalue weighted by molar-refractivity contribution is -0.138. The minimum Gasteiger partial charge on any atom is -0.340 e.